The lowest BCUT2D eigenvalue weighted by Crippen LogP contribution is -1.69. The molecule has 1 rings (SSSR count). The van der Waals surface area contributed by atoms with E-state index < -0.39 is 0 Å². The van der Waals surface area contributed by atoms with Crippen LogP contribution in [0.2, 0.25) is 0 Å². The second-order valence-electron chi connectivity index (χ2n) is 1.92. The molecular weight excluding hydrogens is 257 g/mol. The molecule has 10 heavy (non-hydrogen) atoms. The second kappa shape index (κ2) is 9.75. The Bertz CT molecular complexity index is 77.7. The molecule has 1 aliphatic heterocycles. The van der Waals surface area contributed by atoms with Crippen molar-refractivity contribution in [2.45, 2.75) is 19.8 Å². The molecule has 0 aromatic heterocycles. The van der Waals surface area contributed by atoms with Crippen LogP contribution >= 0.6 is 34.4 Å². The van der Waals surface area contributed by atoms with Crippen LogP contribution in [0.25, 0.3) is 0 Å². The van der Waals surface area contributed by atoms with Gasteiger partial charge in [-0.25, -0.2) is 0 Å². The van der Waals surface area contributed by atoms with E-state index in [-0.39, 0.29) is 0 Å². The van der Waals surface area contributed by atoms with Crippen molar-refractivity contribution >= 4 is 39.9 Å². The smallest absolute Gasteiger partial charge is 0.0542 e. The van der Waals surface area contributed by atoms with Crippen LogP contribution in [0, 0.1) is 0 Å². The van der Waals surface area contributed by atoms with Crippen LogP contribution in [0.4, 0.5) is 0 Å². The van der Waals surface area contributed by atoms with Gasteiger partial charge in [-0.1, -0.05) is 35.9 Å². The summed E-state index contributed by atoms with van der Waals surface area (Å²) in [5.74, 6) is 1.19. The highest BCUT2D eigenvalue weighted by atomic mass is 127. The number of hydrogen-bond donors (Lipinski definition) is 0. The highest BCUT2D eigenvalue weighted by Gasteiger charge is 1.86. The van der Waals surface area contributed by atoms with Crippen LogP contribution in [0.15, 0.2) is 4.99 Å². The molecular formula is C7H14INS. The Morgan fingerprint density at radius 3 is 2.60 bits per heavy atom. The van der Waals surface area contributed by atoms with Crippen molar-refractivity contribution in [2.75, 3.05) is 16.7 Å². The molecule has 0 aromatic rings. The van der Waals surface area contributed by atoms with Crippen molar-refractivity contribution in [1.29, 1.82) is 0 Å². The predicted molar refractivity (Wildman–Crippen MR) is 59.6 cm³/mol. The SMILES string of the molecule is C1=NCCS1.CCCCI. The molecule has 60 valence electrons. The standard InChI is InChI=1S/C4H9I.C3H5NS/c1-2-3-4-5;1-2-5-3-4-1/h2-4H2,1H3;3H,1-2H2. The maximum atomic E-state index is 3.92. The molecule has 0 bridgehead atoms. The van der Waals surface area contributed by atoms with Gasteiger partial charge >= 0.3 is 0 Å². The van der Waals surface area contributed by atoms with Gasteiger partial charge in [0.05, 0.1) is 5.55 Å². The van der Waals surface area contributed by atoms with E-state index in [4.69, 9.17) is 0 Å². The van der Waals surface area contributed by atoms with Gasteiger partial charge in [0.1, 0.15) is 0 Å². The first-order chi connectivity index (χ1) is 4.91. The molecule has 0 unspecified atom stereocenters. The predicted octanol–water partition coefficient (Wildman–Crippen LogP) is 2.98. The topological polar surface area (TPSA) is 12.4 Å². The molecule has 1 nitrogen and oxygen atoms in total. The molecule has 1 heterocycles. The molecule has 0 amide bonds. The van der Waals surface area contributed by atoms with Crippen molar-refractivity contribution < 1.29 is 0 Å². The van der Waals surface area contributed by atoms with Gasteiger partial charge in [0.2, 0.25) is 0 Å². The van der Waals surface area contributed by atoms with Crippen molar-refractivity contribution in [3.63, 3.8) is 0 Å². The van der Waals surface area contributed by atoms with E-state index in [0.29, 0.717) is 0 Å². The molecule has 0 fully saturated rings. The fourth-order valence-electron chi connectivity index (χ4n) is 0.397. The van der Waals surface area contributed by atoms with Crippen LogP contribution in [0.3, 0.4) is 0 Å². The summed E-state index contributed by atoms with van der Waals surface area (Å²) in [5, 5.41) is 0. The number of hydrogen-bond acceptors (Lipinski definition) is 2. The molecule has 0 radical (unpaired) electrons. The van der Waals surface area contributed by atoms with Gasteiger partial charge in [0.25, 0.3) is 0 Å². The molecule has 0 spiro atoms. The summed E-state index contributed by atoms with van der Waals surface area (Å²) < 4.78 is 1.31. The first-order valence-electron chi connectivity index (χ1n) is 3.57. The maximum absolute atomic E-state index is 3.92. The summed E-state index contributed by atoms with van der Waals surface area (Å²) in [4.78, 5) is 3.92. The van der Waals surface area contributed by atoms with Gasteiger partial charge in [-0.2, -0.15) is 0 Å². The Balaban J connectivity index is 0.000000162. The van der Waals surface area contributed by atoms with Gasteiger partial charge in [-0.15, -0.1) is 11.8 Å². The highest BCUT2D eigenvalue weighted by molar-refractivity contribution is 14.1. The zero-order chi connectivity index (χ0) is 7.66. The molecule has 0 saturated heterocycles. The lowest BCUT2D eigenvalue weighted by Gasteiger charge is -1.77. The largest absolute Gasteiger partial charge is 0.285 e. The Kier molecular flexibility index (Phi) is 10.5. The first-order valence-corrected chi connectivity index (χ1v) is 6.15. The fraction of sp³-hybridized carbons (Fsp3) is 0.857. The third-order valence-electron chi connectivity index (χ3n) is 0.974. The Morgan fingerprint density at radius 1 is 1.70 bits per heavy atom. The molecule has 0 aliphatic carbocycles. The third-order valence-corrected chi connectivity index (χ3v) is 2.45. The summed E-state index contributed by atoms with van der Waals surface area (Å²) in [6, 6.07) is 0. The van der Waals surface area contributed by atoms with E-state index in [1.807, 2.05) is 5.55 Å². The molecule has 1 aliphatic rings. The Labute approximate surface area is 81.2 Å². The minimum Gasteiger partial charge on any atom is -0.285 e. The second-order valence-corrected chi connectivity index (χ2v) is 3.96. The van der Waals surface area contributed by atoms with Crippen LogP contribution in [-0.2, 0) is 0 Å². The molecule has 3 heteroatoms. The van der Waals surface area contributed by atoms with E-state index in [1.54, 1.807) is 11.8 Å². The number of alkyl halides is 1. The highest BCUT2D eigenvalue weighted by Crippen LogP contribution is 1.99. The summed E-state index contributed by atoms with van der Waals surface area (Å²) in [6.07, 6.45) is 2.71. The quantitative estimate of drug-likeness (QED) is 0.555. The van der Waals surface area contributed by atoms with Gasteiger partial charge < -0.3 is 0 Å². The van der Waals surface area contributed by atoms with E-state index in [0.717, 1.165) is 6.54 Å². The summed E-state index contributed by atoms with van der Waals surface area (Å²) in [5.41, 5.74) is 1.90. The van der Waals surface area contributed by atoms with Crippen LogP contribution < -0.4 is 0 Å². The van der Waals surface area contributed by atoms with E-state index >= 15 is 0 Å². The Hall–Kier alpha value is 0.750. The number of aliphatic imine (C=N–C) groups is 1. The molecule has 0 aromatic carbocycles. The number of thioether (sulfide) groups is 1. The lowest BCUT2D eigenvalue weighted by molar-refractivity contribution is 0.907. The molecule has 0 saturated carbocycles. The zero-order valence-electron chi connectivity index (χ0n) is 6.35. The number of halogens is 1. The van der Waals surface area contributed by atoms with Gasteiger partial charge in [0, 0.05) is 12.3 Å². The van der Waals surface area contributed by atoms with Crippen LogP contribution in [0.5, 0.6) is 0 Å². The van der Waals surface area contributed by atoms with E-state index in [2.05, 4.69) is 34.5 Å². The third kappa shape index (κ3) is 8.75. The summed E-state index contributed by atoms with van der Waals surface area (Å²) in [6.45, 7) is 3.24. The summed E-state index contributed by atoms with van der Waals surface area (Å²) >= 11 is 4.17. The number of rotatable bonds is 2. The van der Waals surface area contributed by atoms with Gasteiger partial charge in [0.15, 0.2) is 0 Å². The van der Waals surface area contributed by atoms with Crippen molar-refractivity contribution in [3.8, 4) is 0 Å². The lowest BCUT2D eigenvalue weighted by atomic mass is 10.4. The monoisotopic (exact) mass is 271 g/mol. The minimum atomic E-state index is 1.03. The average molecular weight is 271 g/mol. The Morgan fingerprint density at radius 2 is 2.50 bits per heavy atom. The first kappa shape index (κ1) is 10.8. The average Bonchev–Trinajstić information content (AvgIpc) is 2.44. The fourth-order valence-corrected chi connectivity index (χ4v) is 1.69. The van der Waals surface area contributed by atoms with Crippen molar-refractivity contribution in [1.82, 2.24) is 0 Å². The van der Waals surface area contributed by atoms with Crippen molar-refractivity contribution in [2.24, 2.45) is 4.99 Å². The van der Waals surface area contributed by atoms with Crippen LogP contribution in [-0.4, -0.2) is 22.3 Å². The van der Waals surface area contributed by atoms with Crippen LogP contribution in [0.1, 0.15) is 19.8 Å². The maximum Gasteiger partial charge on any atom is 0.0542 e. The zero-order valence-corrected chi connectivity index (χ0v) is 9.32. The molecule has 0 N–H and O–H groups in total. The normalized spacial score (nSPS) is 14.6. The van der Waals surface area contributed by atoms with E-state index in [1.165, 1.54) is 23.0 Å². The van der Waals surface area contributed by atoms with Gasteiger partial charge in [-0.3, -0.25) is 4.99 Å². The molecule has 0 atom stereocenters. The minimum absolute atomic E-state index is 1.03. The number of nitrogens with zero attached hydrogens (tertiary/aromatic N) is 1. The van der Waals surface area contributed by atoms with E-state index in [9.17, 15) is 0 Å². The van der Waals surface area contributed by atoms with Gasteiger partial charge in [-0.05, 0) is 10.8 Å². The number of unbranched alkanes of at least 4 members (excludes halogenated alkanes) is 1. The van der Waals surface area contributed by atoms with Crippen molar-refractivity contribution in [3.05, 3.63) is 0 Å². The summed E-state index contributed by atoms with van der Waals surface area (Å²) in [7, 11) is 0.